The van der Waals surface area contributed by atoms with Gasteiger partial charge in [-0.2, -0.15) is 10.1 Å². The van der Waals surface area contributed by atoms with Gasteiger partial charge in [0.15, 0.2) is 5.82 Å². The van der Waals surface area contributed by atoms with E-state index in [0.717, 1.165) is 35.7 Å². The predicted octanol–water partition coefficient (Wildman–Crippen LogP) is 2.25. The Morgan fingerprint density at radius 1 is 1.21 bits per heavy atom. The Labute approximate surface area is 139 Å². The Morgan fingerprint density at radius 3 is 2.83 bits per heavy atom. The normalized spacial score (nSPS) is 15.0. The molecule has 1 aliphatic rings. The second-order valence-corrected chi connectivity index (χ2v) is 5.79. The average molecular weight is 325 g/mol. The number of benzene rings is 1. The number of aryl methyl sites for hydroxylation is 1. The van der Waals surface area contributed by atoms with Crippen LogP contribution >= 0.6 is 0 Å². The van der Waals surface area contributed by atoms with Crippen LogP contribution in [0.4, 0.5) is 11.5 Å². The van der Waals surface area contributed by atoms with E-state index in [1.54, 1.807) is 10.7 Å². The van der Waals surface area contributed by atoms with E-state index in [2.05, 4.69) is 10.00 Å². The Kier molecular flexibility index (Phi) is 3.70. The van der Waals surface area contributed by atoms with Gasteiger partial charge in [0.2, 0.25) is 5.88 Å². The summed E-state index contributed by atoms with van der Waals surface area (Å²) < 4.78 is 13.3. The van der Waals surface area contributed by atoms with Gasteiger partial charge in [0.05, 0.1) is 25.6 Å². The molecule has 0 spiro atoms. The second-order valence-electron chi connectivity index (χ2n) is 5.79. The first-order valence-corrected chi connectivity index (χ1v) is 7.92. The number of morpholine rings is 1. The van der Waals surface area contributed by atoms with E-state index in [4.69, 9.17) is 20.2 Å². The van der Waals surface area contributed by atoms with Gasteiger partial charge in [-0.15, -0.1) is 0 Å². The van der Waals surface area contributed by atoms with Crippen molar-refractivity contribution in [3.8, 4) is 11.6 Å². The van der Waals surface area contributed by atoms with Gasteiger partial charge in [0, 0.05) is 18.8 Å². The molecule has 0 unspecified atom stereocenters. The molecule has 7 heteroatoms. The van der Waals surface area contributed by atoms with Crippen LogP contribution < -0.4 is 15.4 Å². The van der Waals surface area contributed by atoms with Crippen molar-refractivity contribution < 1.29 is 9.47 Å². The molecule has 124 valence electrons. The fourth-order valence-corrected chi connectivity index (χ4v) is 2.80. The van der Waals surface area contributed by atoms with Crippen molar-refractivity contribution in [3.63, 3.8) is 0 Å². The fourth-order valence-electron chi connectivity index (χ4n) is 2.80. The minimum atomic E-state index is 0.532. The quantitative estimate of drug-likeness (QED) is 0.744. The highest BCUT2D eigenvalue weighted by atomic mass is 16.5. The van der Waals surface area contributed by atoms with Crippen molar-refractivity contribution in [2.45, 2.75) is 6.92 Å². The molecule has 1 fully saturated rings. The molecule has 0 aliphatic carbocycles. The van der Waals surface area contributed by atoms with Gasteiger partial charge in [0.25, 0.3) is 0 Å². The van der Waals surface area contributed by atoms with Crippen LogP contribution in [0.15, 0.2) is 36.7 Å². The molecule has 0 radical (unpaired) electrons. The number of hydrogen-bond donors (Lipinski definition) is 1. The zero-order chi connectivity index (χ0) is 16.5. The first-order valence-electron chi connectivity index (χ1n) is 7.92. The van der Waals surface area contributed by atoms with Crippen molar-refractivity contribution in [3.05, 3.63) is 42.2 Å². The number of rotatable bonds is 3. The molecule has 1 aliphatic heterocycles. The highest BCUT2D eigenvalue weighted by molar-refractivity contribution is 5.60. The van der Waals surface area contributed by atoms with Crippen LogP contribution in [0.3, 0.4) is 0 Å². The number of nitrogen functional groups attached to an aromatic ring is 1. The molecule has 1 aromatic carbocycles. The Morgan fingerprint density at radius 2 is 2.04 bits per heavy atom. The van der Waals surface area contributed by atoms with E-state index in [0.29, 0.717) is 24.8 Å². The molecule has 0 bridgehead atoms. The van der Waals surface area contributed by atoms with Crippen molar-refractivity contribution in [1.82, 2.24) is 14.6 Å². The molecular weight excluding hydrogens is 306 g/mol. The first-order chi connectivity index (χ1) is 11.7. The molecule has 0 amide bonds. The van der Waals surface area contributed by atoms with Crippen LogP contribution in [0, 0.1) is 6.92 Å². The largest absolute Gasteiger partial charge is 0.437 e. The van der Waals surface area contributed by atoms with Crippen LogP contribution in [0.25, 0.3) is 5.52 Å². The number of fused-ring (bicyclic) bond motifs is 1. The maximum absolute atomic E-state index is 6.08. The van der Waals surface area contributed by atoms with Gasteiger partial charge in [-0.1, -0.05) is 0 Å². The minimum Gasteiger partial charge on any atom is -0.437 e. The van der Waals surface area contributed by atoms with Crippen LogP contribution in [0.5, 0.6) is 11.6 Å². The number of ether oxygens (including phenoxy) is 2. The highest BCUT2D eigenvalue weighted by Crippen LogP contribution is 2.30. The Balaban J connectivity index is 1.74. The number of aromatic nitrogens is 3. The summed E-state index contributed by atoms with van der Waals surface area (Å²) >= 11 is 0. The van der Waals surface area contributed by atoms with Crippen LogP contribution in [-0.4, -0.2) is 40.9 Å². The van der Waals surface area contributed by atoms with E-state index < -0.39 is 0 Å². The summed E-state index contributed by atoms with van der Waals surface area (Å²) in [6, 6.07) is 7.45. The monoisotopic (exact) mass is 325 g/mol. The molecule has 1 saturated heterocycles. The Hall–Kier alpha value is -2.80. The van der Waals surface area contributed by atoms with Gasteiger partial charge < -0.3 is 20.1 Å². The summed E-state index contributed by atoms with van der Waals surface area (Å²) in [6.45, 7) is 4.98. The zero-order valence-corrected chi connectivity index (χ0v) is 13.5. The molecule has 3 heterocycles. The van der Waals surface area contributed by atoms with Gasteiger partial charge in [-0.25, -0.2) is 4.52 Å². The van der Waals surface area contributed by atoms with Crippen molar-refractivity contribution in [2.75, 3.05) is 36.9 Å². The maximum Gasteiger partial charge on any atom is 0.247 e. The SMILES string of the molecule is Cc1cc(N)ccc1Oc1nc(N2CCOCC2)cn2nccc12. The molecule has 2 aromatic heterocycles. The van der Waals surface area contributed by atoms with Gasteiger partial charge in [-0.3, -0.25) is 0 Å². The number of anilines is 2. The third-order valence-electron chi connectivity index (χ3n) is 4.08. The molecule has 24 heavy (non-hydrogen) atoms. The third kappa shape index (κ3) is 2.74. The van der Waals surface area contributed by atoms with Gasteiger partial charge in [0.1, 0.15) is 11.3 Å². The number of nitrogens with zero attached hydrogens (tertiary/aromatic N) is 4. The van der Waals surface area contributed by atoms with E-state index in [9.17, 15) is 0 Å². The van der Waals surface area contributed by atoms with E-state index in [-0.39, 0.29) is 0 Å². The van der Waals surface area contributed by atoms with Gasteiger partial charge in [-0.05, 0) is 36.8 Å². The molecule has 2 N–H and O–H groups in total. The highest BCUT2D eigenvalue weighted by Gasteiger charge is 2.17. The summed E-state index contributed by atoms with van der Waals surface area (Å²) in [7, 11) is 0. The fraction of sp³-hybridized carbons (Fsp3) is 0.294. The lowest BCUT2D eigenvalue weighted by molar-refractivity contribution is 0.122. The smallest absolute Gasteiger partial charge is 0.247 e. The molecule has 4 rings (SSSR count). The molecule has 0 saturated carbocycles. The number of hydrogen-bond acceptors (Lipinski definition) is 6. The maximum atomic E-state index is 6.08. The van der Waals surface area contributed by atoms with E-state index in [1.807, 2.05) is 37.4 Å². The van der Waals surface area contributed by atoms with Crippen molar-refractivity contribution >= 4 is 17.0 Å². The lowest BCUT2D eigenvalue weighted by Gasteiger charge is -2.28. The van der Waals surface area contributed by atoms with Crippen molar-refractivity contribution in [2.24, 2.45) is 0 Å². The van der Waals surface area contributed by atoms with E-state index in [1.165, 1.54) is 0 Å². The predicted molar refractivity (Wildman–Crippen MR) is 91.7 cm³/mol. The minimum absolute atomic E-state index is 0.532. The number of nitrogens with two attached hydrogens (primary N) is 1. The third-order valence-corrected chi connectivity index (χ3v) is 4.08. The summed E-state index contributed by atoms with van der Waals surface area (Å²) in [4.78, 5) is 6.89. The average Bonchev–Trinajstić information content (AvgIpc) is 3.07. The van der Waals surface area contributed by atoms with Crippen molar-refractivity contribution in [1.29, 1.82) is 0 Å². The second kappa shape index (κ2) is 6.01. The lowest BCUT2D eigenvalue weighted by atomic mass is 10.2. The molecule has 7 nitrogen and oxygen atoms in total. The summed E-state index contributed by atoms with van der Waals surface area (Å²) in [5.74, 6) is 2.10. The first kappa shape index (κ1) is 14.8. The standard InChI is InChI=1S/C17H19N5O2/c1-12-10-13(18)2-3-15(12)24-17-14-4-5-19-22(14)11-16(20-17)21-6-8-23-9-7-21/h2-5,10-11H,6-9,18H2,1H3. The molecule has 0 atom stereocenters. The lowest BCUT2D eigenvalue weighted by Crippen LogP contribution is -2.37. The summed E-state index contributed by atoms with van der Waals surface area (Å²) in [5.41, 5.74) is 8.31. The Bertz CT molecular complexity index is 871. The van der Waals surface area contributed by atoms with Crippen LogP contribution in [0.2, 0.25) is 0 Å². The summed E-state index contributed by atoms with van der Waals surface area (Å²) in [5, 5.41) is 4.33. The topological polar surface area (TPSA) is 77.9 Å². The molecular formula is C17H19N5O2. The zero-order valence-electron chi connectivity index (χ0n) is 13.5. The van der Waals surface area contributed by atoms with Crippen LogP contribution in [0.1, 0.15) is 5.56 Å². The summed E-state index contributed by atoms with van der Waals surface area (Å²) in [6.07, 6.45) is 3.66. The van der Waals surface area contributed by atoms with Crippen LogP contribution in [-0.2, 0) is 4.74 Å². The van der Waals surface area contributed by atoms with Gasteiger partial charge >= 0.3 is 0 Å². The molecule has 3 aromatic rings. The van der Waals surface area contributed by atoms with E-state index >= 15 is 0 Å².